The van der Waals surface area contributed by atoms with E-state index in [1.165, 1.54) is 11.5 Å². The van der Waals surface area contributed by atoms with Crippen molar-refractivity contribution in [3.05, 3.63) is 52.1 Å². The lowest BCUT2D eigenvalue weighted by Gasteiger charge is -2.25. The highest BCUT2D eigenvalue weighted by Gasteiger charge is 2.46. The second-order valence-corrected chi connectivity index (χ2v) is 7.83. The predicted molar refractivity (Wildman–Crippen MR) is 94.2 cm³/mol. The minimum atomic E-state index is -5.30. The number of aromatic carboxylic acids is 1. The predicted octanol–water partition coefficient (Wildman–Crippen LogP) is 4.85. The highest BCUT2D eigenvalue weighted by Crippen LogP contribution is 2.42. The lowest BCUT2D eigenvalue weighted by Crippen LogP contribution is -2.26. The molecule has 0 radical (unpaired) electrons. The molecule has 2 N–H and O–H groups in total. The molecule has 166 valence electrons. The number of aliphatic hydroxyl groups is 1. The van der Waals surface area contributed by atoms with Gasteiger partial charge >= 0.3 is 18.3 Å². The number of aliphatic hydroxyl groups excluding tert-OH is 1. The van der Waals surface area contributed by atoms with Gasteiger partial charge in [-0.2, -0.15) is 26.3 Å². The van der Waals surface area contributed by atoms with Gasteiger partial charge in [-0.15, -0.1) is 0 Å². The van der Waals surface area contributed by atoms with Gasteiger partial charge in [0, 0.05) is 23.2 Å². The van der Waals surface area contributed by atoms with Crippen molar-refractivity contribution in [3.8, 4) is 0 Å². The number of hydrogen-bond acceptors (Lipinski definition) is 3. The summed E-state index contributed by atoms with van der Waals surface area (Å²) in [5.41, 5.74) is -4.55. The van der Waals surface area contributed by atoms with Crippen LogP contribution in [0.5, 0.6) is 0 Å². The average molecular weight is 438 g/mol. The molecule has 0 bridgehead atoms. The van der Waals surface area contributed by atoms with Crippen molar-refractivity contribution in [2.75, 3.05) is 0 Å². The molecule has 1 atom stereocenters. The zero-order chi connectivity index (χ0) is 23.2. The summed E-state index contributed by atoms with van der Waals surface area (Å²) in [6, 6.07) is 2.54. The van der Waals surface area contributed by atoms with Gasteiger partial charge in [0.1, 0.15) is 5.82 Å². The zero-order valence-electron chi connectivity index (χ0n) is 16.5. The van der Waals surface area contributed by atoms with E-state index in [2.05, 4.69) is 4.98 Å². The molecule has 0 aliphatic carbocycles. The first-order valence-corrected chi connectivity index (χ1v) is 8.71. The van der Waals surface area contributed by atoms with Gasteiger partial charge in [-0.05, 0) is 12.5 Å². The fourth-order valence-electron chi connectivity index (χ4n) is 3.17. The Morgan fingerprint density at radius 3 is 2.13 bits per heavy atom. The molecule has 0 fully saturated rings. The Morgan fingerprint density at radius 2 is 1.70 bits per heavy atom. The summed E-state index contributed by atoms with van der Waals surface area (Å²) in [4.78, 5) is 15.5. The maximum atomic E-state index is 13.7. The van der Waals surface area contributed by atoms with Crippen LogP contribution in [0, 0.1) is 6.92 Å². The monoisotopic (exact) mass is 438 g/mol. The summed E-state index contributed by atoms with van der Waals surface area (Å²) in [6.07, 6.45) is -13.8. The fraction of sp³-hybridized carbons (Fsp3) is 0.474. The van der Waals surface area contributed by atoms with Crippen molar-refractivity contribution in [1.29, 1.82) is 0 Å². The molecule has 1 unspecified atom stereocenters. The first kappa shape index (κ1) is 23.7. The molecule has 0 saturated heterocycles. The number of carbonyl (C=O) groups is 1. The van der Waals surface area contributed by atoms with Crippen molar-refractivity contribution in [2.45, 2.75) is 58.1 Å². The smallest absolute Gasteiger partial charge is 0.418 e. The zero-order valence-corrected chi connectivity index (χ0v) is 16.5. The Balaban J connectivity index is 2.75. The van der Waals surface area contributed by atoms with E-state index >= 15 is 0 Å². The van der Waals surface area contributed by atoms with Crippen molar-refractivity contribution < 1.29 is 41.4 Å². The number of carboxylic acids is 1. The molecular formula is C19H20F6N2O3. The minimum absolute atomic E-state index is 0.0577. The van der Waals surface area contributed by atoms with Crippen LogP contribution in [-0.4, -0.2) is 31.9 Å². The molecule has 30 heavy (non-hydrogen) atoms. The van der Waals surface area contributed by atoms with E-state index in [0.29, 0.717) is 6.07 Å². The van der Waals surface area contributed by atoms with Crippen molar-refractivity contribution in [3.63, 3.8) is 0 Å². The molecule has 0 saturated carbocycles. The number of alkyl halides is 6. The minimum Gasteiger partial charge on any atom is -0.476 e. The molecule has 1 aromatic heterocycles. The Morgan fingerprint density at radius 1 is 1.13 bits per heavy atom. The van der Waals surface area contributed by atoms with E-state index < -0.39 is 53.1 Å². The van der Waals surface area contributed by atoms with Gasteiger partial charge in [-0.3, -0.25) is 0 Å². The van der Waals surface area contributed by atoms with E-state index in [-0.39, 0.29) is 17.2 Å². The van der Waals surface area contributed by atoms with Crippen LogP contribution in [0.3, 0.4) is 0 Å². The number of benzene rings is 1. The van der Waals surface area contributed by atoms with Gasteiger partial charge in [0.05, 0.1) is 5.56 Å². The largest absolute Gasteiger partial charge is 0.476 e. The van der Waals surface area contributed by atoms with Crippen LogP contribution in [0.4, 0.5) is 26.3 Å². The number of nitrogens with zero attached hydrogens (tertiary/aromatic N) is 2. The first-order valence-electron chi connectivity index (χ1n) is 8.71. The van der Waals surface area contributed by atoms with Crippen LogP contribution < -0.4 is 0 Å². The highest BCUT2D eigenvalue weighted by atomic mass is 19.4. The molecule has 5 nitrogen and oxygen atoms in total. The second-order valence-electron chi connectivity index (χ2n) is 7.83. The van der Waals surface area contributed by atoms with Crippen LogP contribution in [0.15, 0.2) is 18.2 Å². The molecular weight excluding hydrogens is 418 g/mol. The van der Waals surface area contributed by atoms with E-state index in [9.17, 15) is 41.4 Å². The van der Waals surface area contributed by atoms with E-state index in [0.717, 1.165) is 12.1 Å². The Hall–Kier alpha value is -2.56. The average Bonchev–Trinajstić information content (AvgIpc) is 2.89. The maximum absolute atomic E-state index is 13.7. The SMILES string of the molecule is Cc1c(C(=O)O)nc(C(C)(C)C)n1Cc1cccc(C(O)C(F)(F)F)c1C(F)(F)F. The third-order valence-electron chi connectivity index (χ3n) is 4.49. The summed E-state index contributed by atoms with van der Waals surface area (Å²) in [5.74, 6) is -1.22. The number of aromatic nitrogens is 2. The molecule has 2 aromatic rings. The normalized spacial score (nSPS) is 14.1. The fourth-order valence-corrected chi connectivity index (χ4v) is 3.17. The topological polar surface area (TPSA) is 75.3 Å². The van der Waals surface area contributed by atoms with Crippen LogP contribution in [0.1, 0.15) is 65.6 Å². The molecule has 0 aliphatic heterocycles. The number of rotatable bonds is 4. The third-order valence-corrected chi connectivity index (χ3v) is 4.49. The molecule has 0 aliphatic rings. The van der Waals surface area contributed by atoms with Gasteiger partial charge in [0.15, 0.2) is 11.8 Å². The van der Waals surface area contributed by atoms with E-state index in [4.69, 9.17) is 0 Å². The maximum Gasteiger partial charge on any atom is 0.418 e. The summed E-state index contributed by atoms with van der Waals surface area (Å²) in [5, 5.41) is 18.8. The summed E-state index contributed by atoms with van der Waals surface area (Å²) < 4.78 is 81.2. The number of halogens is 6. The third kappa shape index (κ3) is 4.61. The van der Waals surface area contributed by atoms with Gasteiger partial charge in [-0.1, -0.05) is 39.0 Å². The van der Waals surface area contributed by atoms with Gasteiger partial charge in [-0.25, -0.2) is 9.78 Å². The molecule has 11 heteroatoms. The highest BCUT2D eigenvalue weighted by molar-refractivity contribution is 5.86. The summed E-state index contributed by atoms with van der Waals surface area (Å²) >= 11 is 0. The van der Waals surface area contributed by atoms with Crippen molar-refractivity contribution in [2.24, 2.45) is 0 Å². The quantitative estimate of drug-likeness (QED) is 0.670. The Bertz CT molecular complexity index is 955. The van der Waals surface area contributed by atoms with Crippen LogP contribution >= 0.6 is 0 Å². The summed E-state index contributed by atoms with van der Waals surface area (Å²) in [7, 11) is 0. The Labute approximate surface area is 168 Å². The van der Waals surface area contributed by atoms with Crippen molar-refractivity contribution >= 4 is 5.97 Å². The van der Waals surface area contributed by atoms with Gasteiger partial charge < -0.3 is 14.8 Å². The summed E-state index contributed by atoms with van der Waals surface area (Å²) in [6.45, 7) is 5.79. The van der Waals surface area contributed by atoms with Gasteiger partial charge in [0.25, 0.3) is 0 Å². The van der Waals surface area contributed by atoms with Gasteiger partial charge in [0.2, 0.25) is 0 Å². The first-order chi connectivity index (χ1) is 13.5. The Kier molecular flexibility index (Phi) is 6.01. The number of carboxylic acid groups (broad SMARTS) is 1. The number of hydrogen-bond donors (Lipinski definition) is 2. The lowest BCUT2D eigenvalue weighted by molar-refractivity contribution is -0.209. The molecule has 1 heterocycles. The molecule has 0 spiro atoms. The second kappa shape index (κ2) is 7.60. The number of imidazole rings is 1. The molecule has 2 rings (SSSR count). The van der Waals surface area contributed by atoms with Crippen molar-refractivity contribution in [1.82, 2.24) is 9.55 Å². The van der Waals surface area contributed by atoms with Crippen LogP contribution in [0.25, 0.3) is 0 Å². The lowest BCUT2D eigenvalue weighted by atomic mass is 9.94. The molecule has 0 amide bonds. The van der Waals surface area contributed by atoms with E-state index in [1.807, 2.05) is 0 Å². The van der Waals surface area contributed by atoms with Crippen LogP contribution in [-0.2, 0) is 18.1 Å². The van der Waals surface area contributed by atoms with E-state index in [1.54, 1.807) is 20.8 Å². The van der Waals surface area contributed by atoms with Crippen LogP contribution in [0.2, 0.25) is 0 Å². The molecule has 1 aromatic carbocycles. The standard InChI is InChI=1S/C19H20F6N2O3/c1-9-13(15(29)30)26-16(17(2,3)4)27(9)8-10-6-5-7-11(12(10)18(20,21)22)14(28)19(23,24)25/h5-7,14,28H,8H2,1-4H3,(H,29,30).